The molecule has 21 heavy (non-hydrogen) atoms. The predicted octanol–water partition coefficient (Wildman–Crippen LogP) is 3.91. The van der Waals surface area contributed by atoms with Crippen molar-refractivity contribution < 1.29 is 9.47 Å². The minimum atomic E-state index is 0.0691. The van der Waals surface area contributed by atoms with Crippen molar-refractivity contribution in [2.45, 2.75) is 20.0 Å². The average Bonchev–Trinajstić information content (AvgIpc) is 2.42. The molecule has 0 atom stereocenters. The van der Waals surface area contributed by atoms with Gasteiger partial charge in [0.25, 0.3) is 0 Å². The molecule has 2 aromatic rings. The lowest BCUT2D eigenvalue weighted by molar-refractivity contribution is 0.243. The van der Waals surface area contributed by atoms with Crippen LogP contribution in [-0.4, -0.2) is 20.2 Å². The second kappa shape index (κ2) is 6.39. The van der Waals surface area contributed by atoms with Gasteiger partial charge in [-0.05, 0) is 38.1 Å². The van der Waals surface area contributed by atoms with E-state index < -0.39 is 0 Å². The first-order valence-corrected chi connectivity index (χ1v) is 6.97. The highest BCUT2D eigenvalue weighted by atomic mass is 16.5. The van der Waals surface area contributed by atoms with Gasteiger partial charge in [0.2, 0.25) is 0 Å². The fourth-order valence-electron chi connectivity index (χ4n) is 1.90. The number of hydrogen-bond acceptors (Lipinski definition) is 4. The van der Waals surface area contributed by atoms with E-state index in [-0.39, 0.29) is 6.10 Å². The molecule has 0 fully saturated rings. The summed E-state index contributed by atoms with van der Waals surface area (Å²) in [5.41, 5.74) is 7.60. The fourth-order valence-corrected chi connectivity index (χ4v) is 1.90. The van der Waals surface area contributed by atoms with Crippen molar-refractivity contribution in [1.82, 2.24) is 0 Å². The van der Waals surface area contributed by atoms with Gasteiger partial charge in [-0.3, -0.25) is 0 Å². The van der Waals surface area contributed by atoms with E-state index in [0.717, 1.165) is 11.4 Å². The molecule has 0 aromatic heterocycles. The fraction of sp³-hybridized carbons (Fsp3) is 0.294. The molecule has 4 heteroatoms. The number of rotatable bonds is 5. The van der Waals surface area contributed by atoms with E-state index in [1.54, 1.807) is 6.07 Å². The van der Waals surface area contributed by atoms with Crippen LogP contribution < -0.4 is 20.1 Å². The van der Waals surface area contributed by atoms with Gasteiger partial charge in [-0.15, -0.1) is 0 Å². The predicted molar refractivity (Wildman–Crippen MR) is 87.5 cm³/mol. The van der Waals surface area contributed by atoms with Gasteiger partial charge in [-0.2, -0.15) is 0 Å². The van der Waals surface area contributed by atoms with Gasteiger partial charge in [0, 0.05) is 31.9 Å². The molecule has 112 valence electrons. The van der Waals surface area contributed by atoms with Crippen molar-refractivity contribution in [3.8, 4) is 17.2 Å². The number of hydrogen-bond donors (Lipinski definition) is 1. The lowest BCUT2D eigenvalue weighted by Gasteiger charge is -2.15. The summed E-state index contributed by atoms with van der Waals surface area (Å²) in [6.07, 6.45) is 0.0691. The first-order valence-electron chi connectivity index (χ1n) is 6.97. The Labute approximate surface area is 126 Å². The van der Waals surface area contributed by atoms with Crippen LogP contribution in [0.1, 0.15) is 13.8 Å². The molecule has 2 aromatic carbocycles. The molecule has 0 saturated heterocycles. The molecular weight excluding hydrogens is 264 g/mol. The highest BCUT2D eigenvalue weighted by Crippen LogP contribution is 2.31. The first-order chi connectivity index (χ1) is 9.95. The minimum absolute atomic E-state index is 0.0691. The van der Waals surface area contributed by atoms with Crippen molar-refractivity contribution in [3.63, 3.8) is 0 Å². The molecule has 0 saturated carbocycles. The van der Waals surface area contributed by atoms with Gasteiger partial charge in [-0.1, -0.05) is 6.07 Å². The maximum absolute atomic E-state index is 5.91. The van der Waals surface area contributed by atoms with E-state index in [1.807, 2.05) is 69.2 Å². The molecule has 0 heterocycles. The van der Waals surface area contributed by atoms with Crippen molar-refractivity contribution in [2.24, 2.45) is 0 Å². The Morgan fingerprint density at radius 1 is 1.00 bits per heavy atom. The quantitative estimate of drug-likeness (QED) is 0.846. The van der Waals surface area contributed by atoms with Gasteiger partial charge >= 0.3 is 0 Å². The summed E-state index contributed by atoms with van der Waals surface area (Å²) in [7, 11) is 3.99. The standard InChI is InChI=1S/C17H22N2O2/c1-12(2)20-17-11-15(8-9-16(17)18)21-14-7-5-6-13(10-14)19(3)4/h5-12H,18H2,1-4H3. The number of nitrogens with two attached hydrogens (primary N) is 1. The van der Waals surface area contributed by atoms with E-state index in [2.05, 4.69) is 0 Å². The van der Waals surface area contributed by atoms with Crippen molar-refractivity contribution in [2.75, 3.05) is 24.7 Å². The summed E-state index contributed by atoms with van der Waals surface area (Å²) in [6, 6.07) is 13.4. The lowest BCUT2D eigenvalue weighted by atomic mass is 10.2. The first kappa shape index (κ1) is 15.0. The molecular formula is C17H22N2O2. The van der Waals surface area contributed by atoms with Crippen LogP contribution in [0.25, 0.3) is 0 Å². The third kappa shape index (κ3) is 4.05. The topological polar surface area (TPSA) is 47.7 Å². The van der Waals surface area contributed by atoms with Crippen LogP contribution in [0.15, 0.2) is 42.5 Å². The van der Waals surface area contributed by atoms with Crippen LogP contribution in [0.4, 0.5) is 11.4 Å². The van der Waals surface area contributed by atoms with Gasteiger partial charge in [-0.25, -0.2) is 0 Å². The maximum atomic E-state index is 5.91. The number of nitrogens with zero attached hydrogens (tertiary/aromatic N) is 1. The van der Waals surface area contributed by atoms with E-state index >= 15 is 0 Å². The third-order valence-electron chi connectivity index (χ3n) is 2.92. The van der Waals surface area contributed by atoms with Crippen molar-refractivity contribution >= 4 is 11.4 Å². The van der Waals surface area contributed by atoms with E-state index in [4.69, 9.17) is 15.2 Å². The van der Waals surface area contributed by atoms with Crippen LogP contribution in [0.3, 0.4) is 0 Å². The Hall–Kier alpha value is -2.36. The Morgan fingerprint density at radius 2 is 1.71 bits per heavy atom. The zero-order valence-corrected chi connectivity index (χ0v) is 13.0. The van der Waals surface area contributed by atoms with Crippen molar-refractivity contribution in [1.29, 1.82) is 0 Å². The zero-order valence-electron chi connectivity index (χ0n) is 13.0. The summed E-state index contributed by atoms with van der Waals surface area (Å²) >= 11 is 0. The van der Waals surface area contributed by atoms with Crippen LogP contribution in [-0.2, 0) is 0 Å². The Morgan fingerprint density at radius 3 is 2.38 bits per heavy atom. The Kier molecular flexibility index (Phi) is 4.58. The molecule has 0 unspecified atom stereocenters. The molecule has 0 spiro atoms. The number of nitrogen functional groups attached to an aromatic ring is 1. The lowest BCUT2D eigenvalue weighted by Crippen LogP contribution is -2.08. The highest BCUT2D eigenvalue weighted by molar-refractivity contribution is 5.57. The van der Waals surface area contributed by atoms with Crippen LogP contribution in [0.2, 0.25) is 0 Å². The largest absolute Gasteiger partial charge is 0.489 e. The van der Waals surface area contributed by atoms with E-state index in [9.17, 15) is 0 Å². The number of benzene rings is 2. The Balaban J connectivity index is 2.21. The summed E-state index contributed by atoms with van der Waals surface area (Å²) in [5.74, 6) is 2.13. The molecule has 4 nitrogen and oxygen atoms in total. The van der Waals surface area contributed by atoms with E-state index in [0.29, 0.717) is 17.2 Å². The third-order valence-corrected chi connectivity index (χ3v) is 2.92. The maximum Gasteiger partial charge on any atom is 0.146 e. The van der Waals surface area contributed by atoms with E-state index in [1.165, 1.54) is 0 Å². The molecule has 0 aliphatic carbocycles. The summed E-state index contributed by atoms with van der Waals surface area (Å²) in [6.45, 7) is 3.93. The molecule has 0 amide bonds. The van der Waals surface area contributed by atoms with Gasteiger partial charge in [0.1, 0.15) is 17.2 Å². The smallest absolute Gasteiger partial charge is 0.146 e. The summed E-state index contributed by atoms with van der Waals surface area (Å²) in [5, 5.41) is 0. The molecule has 0 aliphatic rings. The van der Waals surface area contributed by atoms with Gasteiger partial charge in [0.05, 0.1) is 11.8 Å². The summed E-state index contributed by atoms with van der Waals surface area (Å²) < 4.78 is 11.6. The molecule has 0 bridgehead atoms. The number of ether oxygens (including phenoxy) is 2. The van der Waals surface area contributed by atoms with Gasteiger partial charge in [0.15, 0.2) is 0 Å². The molecule has 0 radical (unpaired) electrons. The van der Waals surface area contributed by atoms with Crippen LogP contribution >= 0.6 is 0 Å². The minimum Gasteiger partial charge on any atom is -0.489 e. The average molecular weight is 286 g/mol. The zero-order chi connectivity index (χ0) is 15.4. The molecule has 0 aliphatic heterocycles. The second-order valence-corrected chi connectivity index (χ2v) is 5.36. The highest BCUT2D eigenvalue weighted by Gasteiger charge is 2.07. The normalized spacial score (nSPS) is 10.5. The van der Waals surface area contributed by atoms with Crippen LogP contribution in [0, 0.1) is 0 Å². The van der Waals surface area contributed by atoms with Gasteiger partial charge < -0.3 is 20.1 Å². The van der Waals surface area contributed by atoms with Crippen LogP contribution in [0.5, 0.6) is 17.2 Å². The Bertz CT molecular complexity index is 609. The number of anilines is 2. The summed E-state index contributed by atoms with van der Waals surface area (Å²) in [4.78, 5) is 2.03. The molecule has 2 N–H and O–H groups in total. The monoisotopic (exact) mass is 286 g/mol. The molecule has 2 rings (SSSR count). The SMILES string of the molecule is CC(C)Oc1cc(Oc2cccc(N(C)C)c2)ccc1N. The van der Waals surface area contributed by atoms with Crippen molar-refractivity contribution in [3.05, 3.63) is 42.5 Å². The second-order valence-electron chi connectivity index (χ2n) is 5.36.